The van der Waals surface area contributed by atoms with Crippen molar-refractivity contribution >= 4 is 17.9 Å². The molecule has 0 saturated carbocycles. The van der Waals surface area contributed by atoms with E-state index in [1.165, 1.54) is 0 Å². The average molecular weight is 1140 g/mol. The zero-order valence-corrected chi connectivity index (χ0v) is 52.9. The van der Waals surface area contributed by atoms with Crippen molar-refractivity contribution in [3.05, 3.63) is 194 Å². The van der Waals surface area contributed by atoms with Gasteiger partial charge in [-0.15, -0.1) is 0 Å². The van der Waals surface area contributed by atoms with E-state index in [1.807, 2.05) is 0 Å². The first kappa shape index (κ1) is 77.2. The van der Waals surface area contributed by atoms with E-state index in [1.54, 1.807) is 0 Å². The fourth-order valence-electron chi connectivity index (χ4n) is 8.26. The van der Waals surface area contributed by atoms with Crippen molar-refractivity contribution in [2.45, 2.75) is 258 Å². The third kappa shape index (κ3) is 66.9. The van der Waals surface area contributed by atoms with E-state index < -0.39 is 6.10 Å². The number of unbranched alkanes of at least 4 members (excludes halogenated alkanes) is 14. The SMILES string of the molecule is CC/C=C\C/C=C\C/C=C\C/C=C\C/C=C\C/C=C\C/C=C\C/C=C\CCCCCCC(=O)OCC(COC(=O)CCCCCCC/C=C\C/C=C\C/C=C\CC)OC(=O)CCCCCCC/C=C\C/C=C\C/C=C\C/C=C\C/C=C\CC. The van der Waals surface area contributed by atoms with Crippen LogP contribution < -0.4 is 0 Å². The lowest BCUT2D eigenvalue weighted by molar-refractivity contribution is -0.167. The summed E-state index contributed by atoms with van der Waals surface area (Å²) in [4.78, 5) is 38.4. The van der Waals surface area contributed by atoms with E-state index in [4.69, 9.17) is 14.2 Å². The van der Waals surface area contributed by atoms with Crippen LogP contribution in [-0.4, -0.2) is 37.2 Å². The largest absolute Gasteiger partial charge is 0.462 e. The Morgan fingerprint density at radius 1 is 0.241 bits per heavy atom. The molecular formula is C77H118O6. The van der Waals surface area contributed by atoms with E-state index in [9.17, 15) is 14.4 Å². The van der Waals surface area contributed by atoms with Gasteiger partial charge in [0.05, 0.1) is 0 Å². The van der Waals surface area contributed by atoms with Crippen LogP contribution >= 0.6 is 0 Å². The summed E-state index contributed by atoms with van der Waals surface area (Å²) in [5.41, 5.74) is 0. The molecule has 0 spiro atoms. The topological polar surface area (TPSA) is 78.9 Å². The number of hydrogen-bond donors (Lipinski definition) is 0. The van der Waals surface area contributed by atoms with E-state index in [0.29, 0.717) is 12.8 Å². The Balaban J connectivity index is 4.50. The summed E-state index contributed by atoms with van der Waals surface area (Å²) in [5, 5.41) is 0. The second kappa shape index (κ2) is 68.7. The number of esters is 3. The maximum atomic E-state index is 12.9. The van der Waals surface area contributed by atoms with Crippen LogP contribution in [-0.2, 0) is 28.6 Å². The third-order valence-corrected chi connectivity index (χ3v) is 13.1. The van der Waals surface area contributed by atoms with Crippen LogP contribution in [0.3, 0.4) is 0 Å². The first-order chi connectivity index (χ1) is 41.0. The Labute approximate surface area is 509 Å². The van der Waals surface area contributed by atoms with Crippen molar-refractivity contribution in [3.8, 4) is 0 Å². The lowest BCUT2D eigenvalue weighted by atomic mass is 10.1. The van der Waals surface area contributed by atoms with Gasteiger partial charge in [0, 0.05) is 19.3 Å². The summed E-state index contributed by atoms with van der Waals surface area (Å²) >= 11 is 0. The first-order valence-electron chi connectivity index (χ1n) is 32.9. The first-order valence-corrected chi connectivity index (χ1v) is 32.9. The second-order valence-electron chi connectivity index (χ2n) is 20.9. The minimum Gasteiger partial charge on any atom is -0.462 e. The van der Waals surface area contributed by atoms with Gasteiger partial charge in [0.1, 0.15) is 13.2 Å². The zero-order valence-electron chi connectivity index (χ0n) is 52.9. The molecule has 83 heavy (non-hydrogen) atoms. The molecule has 0 aromatic rings. The van der Waals surface area contributed by atoms with Crippen molar-refractivity contribution < 1.29 is 28.6 Å². The number of hydrogen-bond acceptors (Lipinski definition) is 6. The lowest BCUT2D eigenvalue weighted by Crippen LogP contribution is -2.30. The highest BCUT2D eigenvalue weighted by Crippen LogP contribution is 2.13. The fourth-order valence-corrected chi connectivity index (χ4v) is 8.26. The van der Waals surface area contributed by atoms with Gasteiger partial charge in [0.15, 0.2) is 6.10 Å². The highest BCUT2D eigenvalue weighted by molar-refractivity contribution is 5.71. The highest BCUT2D eigenvalue weighted by atomic mass is 16.6. The van der Waals surface area contributed by atoms with Crippen LogP contribution in [0, 0.1) is 0 Å². The normalized spacial score (nSPS) is 13.4. The molecule has 6 heteroatoms. The van der Waals surface area contributed by atoms with Crippen molar-refractivity contribution in [1.29, 1.82) is 0 Å². The highest BCUT2D eigenvalue weighted by Gasteiger charge is 2.19. The van der Waals surface area contributed by atoms with E-state index in [2.05, 4.69) is 215 Å². The molecule has 0 saturated heterocycles. The predicted molar refractivity (Wildman–Crippen MR) is 361 cm³/mol. The zero-order chi connectivity index (χ0) is 59.9. The minimum absolute atomic E-state index is 0.114. The molecule has 0 aromatic heterocycles. The van der Waals surface area contributed by atoms with Gasteiger partial charge < -0.3 is 14.2 Å². The van der Waals surface area contributed by atoms with Crippen LogP contribution in [0.5, 0.6) is 0 Å². The second-order valence-corrected chi connectivity index (χ2v) is 20.9. The molecule has 0 aliphatic heterocycles. The number of rotatable bonds is 57. The average Bonchev–Trinajstić information content (AvgIpc) is 3.49. The smallest absolute Gasteiger partial charge is 0.306 e. The van der Waals surface area contributed by atoms with Crippen LogP contribution in [0.25, 0.3) is 0 Å². The van der Waals surface area contributed by atoms with Gasteiger partial charge in [-0.2, -0.15) is 0 Å². The molecule has 1 unspecified atom stereocenters. The molecule has 0 N–H and O–H groups in total. The Morgan fingerprint density at radius 3 is 0.675 bits per heavy atom. The van der Waals surface area contributed by atoms with Gasteiger partial charge in [-0.1, -0.05) is 267 Å². The molecule has 0 aliphatic carbocycles. The maximum Gasteiger partial charge on any atom is 0.306 e. The molecule has 0 bridgehead atoms. The van der Waals surface area contributed by atoms with Gasteiger partial charge in [-0.3, -0.25) is 14.4 Å². The van der Waals surface area contributed by atoms with E-state index >= 15 is 0 Å². The predicted octanol–water partition coefficient (Wildman–Crippen LogP) is 23.0. The summed E-state index contributed by atoms with van der Waals surface area (Å²) in [6, 6.07) is 0. The lowest BCUT2D eigenvalue weighted by Gasteiger charge is -2.18. The Hall–Kier alpha value is -5.75. The summed E-state index contributed by atoms with van der Waals surface area (Å²) in [6.45, 7) is 6.24. The summed E-state index contributed by atoms with van der Waals surface area (Å²) in [6.07, 6.45) is 104. The molecule has 462 valence electrons. The number of carbonyl (C=O) groups is 3. The molecular weight excluding hydrogens is 1020 g/mol. The molecule has 6 nitrogen and oxygen atoms in total. The van der Waals surface area contributed by atoms with Crippen molar-refractivity contribution in [2.24, 2.45) is 0 Å². The van der Waals surface area contributed by atoms with Crippen LogP contribution in [0.1, 0.15) is 252 Å². The molecule has 0 heterocycles. The molecule has 0 aliphatic rings. The fraction of sp³-hybridized carbons (Fsp3) is 0.545. The van der Waals surface area contributed by atoms with Gasteiger partial charge >= 0.3 is 17.9 Å². The molecule has 0 amide bonds. The van der Waals surface area contributed by atoms with Crippen molar-refractivity contribution in [3.63, 3.8) is 0 Å². The quantitative estimate of drug-likeness (QED) is 0.0261. The summed E-state index contributed by atoms with van der Waals surface area (Å²) in [5.74, 6) is -0.982. The van der Waals surface area contributed by atoms with Crippen LogP contribution in [0.15, 0.2) is 194 Å². The van der Waals surface area contributed by atoms with Gasteiger partial charge in [0.25, 0.3) is 0 Å². The third-order valence-electron chi connectivity index (χ3n) is 13.1. The Bertz CT molecular complexity index is 1990. The van der Waals surface area contributed by atoms with Crippen LogP contribution in [0.4, 0.5) is 0 Å². The standard InChI is InChI=1S/C77H118O6/c1-4-7-10-13-16-19-22-25-28-30-32-34-35-36-37-38-39-40-41-43-44-46-49-52-55-58-61-64-67-70-76(79)82-73-74(72-81-75(78)69-66-63-60-57-54-51-48-27-24-21-18-15-12-9-6-3)83-77(80)71-68-65-62-59-56-53-50-47-45-42-33-31-29-26-23-20-17-14-11-8-5-2/h7-12,16-21,25-29,32-34,36-37,39-40,42-44,47-50,52,74H,4-6,13-15,22-24,30-31,35,38,41,45-46,51,53-73H2,1-3H3/b10-7-,11-8-,12-9-,19-16-,20-17-,21-18-,28-25-,29-26-,34-32-,37-36-,40-39-,42-33-,44-43-,48-27-,50-47-,52-49-. The monoisotopic (exact) mass is 1140 g/mol. The molecule has 0 aromatic carbocycles. The Kier molecular flexibility index (Phi) is 64.0. The molecule has 0 rings (SSSR count). The van der Waals surface area contributed by atoms with Gasteiger partial charge in [-0.05, 0) is 161 Å². The van der Waals surface area contributed by atoms with Gasteiger partial charge in [-0.25, -0.2) is 0 Å². The summed E-state index contributed by atoms with van der Waals surface area (Å²) < 4.78 is 16.9. The number of allylic oxidation sites excluding steroid dienone is 32. The van der Waals surface area contributed by atoms with Crippen molar-refractivity contribution in [2.75, 3.05) is 13.2 Å². The number of ether oxygens (including phenoxy) is 3. The van der Waals surface area contributed by atoms with Crippen molar-refractivity contribution in [1.82, 2.24) is 0 Å². The van der Waals surface area contributed by atoms with E-state index in [0.717, 1.165) is 212 Å². The van der Waals surface area contributed by atoms with Gasteiger partial charge in [0.2, 0.25) is 0 Å². The summed E-state index contributed by atoms with van der Waals surface area (Å²) in [7, 11) is 0. The maximum absolute atomic E-state index is 12.9. The molecule has 1 atom stereocenters. The van der Waals surface area contributed by atoms with E-state index in [-0.39, 0.29) is 37.5 Å². The molecule has 0 fully saturated rings. The number of carbonyl (C=O) groups excluding carboxylic acids is 3. The Morgan fingerprint density at radius 2 is 0.434 bits per heavy atom. The van der Waals surface area contributed by atoms with Crippen LogP contribution in [0.2, 0.25) is 0 Å². The minimum atomic E-state index is -0.821. The molecule has 0 radical (unpaired) electrons.